The summed E-state index contributed by atoms with van der Waals surface area (Å²) in [6.07, 6.45) is 3.31. The van der Waals surface area contributed by atoms with Crippen molar-refractivity contribution in [1.29, 1.82) is 0 Å². The fraction of sp³-hybridized carbons (Fsp3) is 0.105. The van der Waals surface area contributed by atoms with E-state index in [0.29, 0.717) is 16.9 Å². The van der Waals surface area contributed by atoms with E-state index in [2.05, 4.69) is 25.6 Å². The Hall–Kier alpha value is -3.46. The van der Waals surface area contributed by atoms with Crippen molar-refractivity contribution in [2.75, 3.05) is 11.1 Å². The van der Waals surface area contributed by atoms with Crippen molar-refractivity contribution >= 4 is 23.5 Å². The Morgan fingerprint density at radius 2 is 2.04 bits per heavy atom. The zero-order valence-corrected chi connectivity index (χ0v) is 15.8. The molecule has 28 heavy (non-hydrogen) atoms. The molecule has 3 aromatic heterocycles. The summed E-state index contributed by atoms with van der Waals surface area (Å²) >= 11 is 1.17. The van der Waals surface area contributed by atoms with Crippen LogP contribution < -0.4 is 5.32 Å². The van der Waals surface area contributed by atoms with Gasteiger partial charge in [-0.3, -0.25) is 9.78 Å². The van der Waals surface area contributed by atoms with Gasteiger partial charge < -0.3 is 9.73 Å². The van der Waals surface area contributed by atoms with Gasteiger partial charge in [-0.1, -0.05) is 30.0 Å². The fourth-order valence-corrected chi connectivity index (χ4v) is 3.10. The van der Waals surface area contributed by atoms with E-state index < -0.39 is 0 Å². The summed E-state index contributed by atoms with van der Waals surface area (Å²) in [5.74, 6) is 0.918. The molecule has 3 heterocycles. The molecule has 0 atom stereocenters. The molecule has 8 nitrogen and oxygen atoms in total. The summed E-state index contributed by atoms with van der Waals surface area (Å²) in [5, 5.41) is 15.6. The van der Waals surface area contributed by atoms with Gasteiger partial charge >= 0.3 is 0 Å². The van der Waals surface area contributed by atoms with Crippen LogP contribution in [0.3, 0.4) is 0 Å². The molecule has 0 radical (unpaired) electrons. The molecule has 0 aliphatic heterocycles. The number of thioether (sulfide) groups is 1. The van der Waals surface area contributed by atoms with Gasteiger partial charge in [0.15, 0.2) is 0 Å². The standard InChI is InChI=1S/C19H16N6O2S/c1-13-10-16(25(24-13)15-7-3-2-4-8-15)21-17(26)12-28-19-23-22-18(27-19)14-6-5-9-20-11-14/h2-11H,12H2,1H3,(H,21,26). The average molecular weight is 392 g/mol. The zero-order chi connectivity index (χ0) is 19.3. The summed E-state index contributed by atoms with van der Waals surface area (Å²) < 4.78 is 7.27. The number of carbonyl (C=O) groups excluding carboxylic acids is 1. The number of aromatic nitrogens is 5. The average Bonchev–Trinajstić information content (AvgIpc) is 3.34. The predicted molar refractivity (Wildman–Crippen MR) is 105 cm³/mol. The number of nitrogens with zero attached hydrogens (tertiary/aromatic N) is 5. The normalized spacial score (nSPS) is 10.8. The molecule has 0 saturated carbocycles. The molecule has 0 spiro atoms. The Bertz CT molecular complexity index is 1080. The number of hydrogen-bond acceptors (Lipinski definition) is 7. The van der Waals surface area contributed by atoms with Gasteiger partial charge in [0.1, 0.15) is 5.82 Å². The predicted octanol–water partition coefficient (Wildman–Crippen LogP) is 3.36. The SMILES string of the molecule is Cc1cc(NC(=O)CSc2nnc(-c3cccnc3)o2)n(-c2ccccc2)n1. The lowest BCUT2D eigenvalue weighted by Gasteiger charge is -2.08. The third-order valence-corrected chi connectivity index (χ3v) is 4.56. The molecule has 0 unspecified atom stereocenters. The van der Waals surface area contributed by atoms with Crippen LogP contribution in [0.1, 0.15) is 5.69 Å². The monoisotopic (exact) mass is 392 g/mol. The highest BCUT2D eigenvalue weighted by Gasteiger charge is 2.14. The fourth-order valence-electron chi connectivity index (χ4n) is 2.53. The molecule has 0 saturated heterocycles. The molecule has 140 valence electrons. The third-order valence-electron chi connectivity index (χ3n) is 3.74. The van der Waals surface area contributed by atoms with Crippen molar-refractivity contribution in [2.24, 2.45) is 0 Å². The lowest BCUT2D eigenvalue weighted by atomic mass is 10.3. The lowest BCUT2D eigenvalue weighted by molar-refractivity contribution is -0.113. The first kappa shape index (κ1) is 17.9. The highest BCUT2D eigenvalue weighted by molar-refractivity contribution is 7.99. The van der Waals surface area contributed by atoms with Crippen LogP contribution >= 0.6 is 11.8 Å². The molecule has 4 aromatic rings. The molecular formula is C19H16N6O2S. The van der Waals surface area contributed by atoms with E-state index in [0.717, 1.165) is 16.9 Å². The number of carbonyl (C=O) groups is 1. The number of anilines is 1. The number of rotatable bonds is 6. The van der Waals surface area contributed by atoms with Crippen LogP contribution in [0.5, 0.6) is 0 Å². The van der Waals surface area contributed by atoms with Gasteiger partial charge in [-0.2, -0.15) is 5.10 Å². The van der Waals surface area contributed by atoms with E-state index in [1.807, 2.05) is 49.4 Å². The summed E-state index contributed by atoms with van der Waals surface area (Å²) in [6.45, 7) is 1.88. The van der Waals surface area contributed by atoms with E-state index in [-0.39, 0.29) is 11.7 Å². The number of hydrogen-bond donors (Lipinski definition) is 1. The largest absolute Gasteiger partial charge is 0.411 e. The molecule has 0 fully saturated rings. The van der Waals surface area contributed by atoms with E-state index in [1.165, 1.54) is 11.8 Å². The minimum atomic E-state index is -0.191. The molecule has 0 bridgehead atoms. The Morgan fingerprint density at radius 3 is 2.82 bits per heavy atom. The van der Waals surface area contributed by atoms with Gasteiger partial charge in [0.2, 0.25) is 11.8 Å². The quantitative estimate of drug-likeness (QED) is 0.502. The first-order valence-electron chi connectivity index (χ1n) is 8.48. The molecule has 1 N–H and O–H groups in total. The van der Waals surface area contributed by atoms with Crippen LogP contribution in [0.15, 0.2) is 70.6 Å². The van der Waals surface area contributed by atoms with E-state index in [4.69, 9.17) is 4.42 Å². The Morgan fingerprint density at radius 1 is 1.18 bits per heavy atom. The van der Waals surface area contributed by atoms with E-state index >= 15 is 0 Å². The summed E-state index contributed by atoms with van der Waals surface area (Å²) in [6, 6.07) is 15.1. The second kappa shape index (κ2) is 8.05. The first-order valence-corrected chi connectivity index (χ1v) is 9.46. The van der Waals surface area contributed by atoms with Crippen LogP contribution in [0, 0.1) is 6.92 Å². The van der Waals surface area contributed by atoms with Crippen molar-refractivity contribution in [2.45, 2.75) is 12.1 Å². The van der Waals surface area contributed by atoms with Gasteiger partial charge in [0.05, 0.1) is 22.7 Å². The minimum Gasteiger partial charge on any atom is -0.411 e. The first-order chi connectivity index (χ1) is 13.7. The number of benzene rings is 1. The van der Waals surface area contributed by atoms with Crippen LogP contribution in [0.4, 0.5) is 5.82 Å². The topological polar surface area (TPSA) is 98.7 Å². The summed E-state index contributed by atoms with van der Waals surface area (Å²) in [4.78, 5) is 16.4. The summed E-state index contributed by atoms with van der Waals surface area (Å²) in [7, 11) is 0. The smallest absolute Gasteiger partial charge is 0.277 e. The number of para-hydroxylation sites is 1. The van der Waals surface area contributed by atoms with E-state index in [1.54, 1.807) is 23.1 Å². The molecule has 9 heteroatoms. The molecule has 1 aromatic carbocycles. The third kappa shape index (κ3) is 4.09. The Labute approximate surface area is 165 Å². The number of nitrogens with one attached hydrogen (secondary N) is 1. The lowest BCUT2D eigenvalue weighted by Crippen LogP contribution is -2.16. The molecule has 0 aliphatic rings. The number of aryl methyl sites for hydroxylation is 1. The van der Waals surface area contributed by atoms with Crippen molar-refractivity contribution in [3.8, 4) is 17.1 Å². The minimum absolute atomic E-state index is 0.133. The van der Waals surface area contributed by atoms with Gasteiger partial charge in [-0.05, 0) is 31.2 Å². The van der Waals surface area contributed by atoms with Crippen LogP contribution in [-0.4, -0.2) is 36.6 Å². The second-order valence-corrected chi connectivity index (χ2v) is 6.80. The van der Waals surface area contributed by atoms with Crippen molar-refractivity contribution in [3.05, 3.63) is 66.6 Å². The highest BCUT2D eigenvalue weighted by Crippen LogP contribution is 2.23. The van der Waals surface area contributed by atoms with Gasteiger partial charge in [-0.25, -0.2) is 4.68 Å². The molecular weight excluding hydrogens is 376 g/mol. The molecule has 1 amide bonds. The second-order valence-electron chi connectivity index (χ2n) is 5.87. The maximum atomic E-state index is 12.4. The zero-order valence-electron chi connectivity index (χ0n) is 14.9. The number of amides is 1. The van der Waals surface area contributed by atoms with Crippen LogP contribution in [0.2, 0.25) is 0 Å². The maximum Gasteiger partial charge on any atom is 0.277 e. The highest BCUT2D eigenvalue weighted by atomic mass is 32.2. The van der Waals surface area contributed by atoms with Crippen LogP contribution in [0.25, 0.3) is 17.1 Å². The van der Waals surface area contributed by atoms with Crippen molar-refractivity contribution < 1.29 is 9.21 Å². The van der Waals surface area contributed by atoms with Crippen molar-refractivity contribution in [1.82, 2.24) is 25.0 Å². The van der Waals surface area contributed by atoms with E-state index in [9.17, 15) is 4.79 Å². The Balaban J connectivity index is 1.40. The van der Waals surface area contributed by atoms with Gasteiger partial charge in [0.25, 0.3) is 5.22 Å². The molecule has 4 rings (SSSR count). The molecule has 0 aliphatic carbocycles. The summed E-state index contributed by atoms with van der Waals surface area (Å²) in [5.41, 5.74) is 2.41. The number of pyridine rings is 1. The Kier molecular flexibility index (Phi) is 5.16. The van der Waals surface area contributed by atoms with Gasteiger partial charge in [-0.15, -0.1) is 10.2 Å². The van der Waals surface area contributed by atoms with Gasteiger partial charge in [0, 0.05) is 18.5 Å². The maximum absolute atomic E-state index is 12.4. The van der Waals surface area contributed by atoms with Crippen molar-refractivity contribution in [3.63, 3.8) is 0 Å². The van der Waals surface area contributed by atoms with Crippen LogP contribution in [-0.2, 0) is 4.79 Å².